The first kappa shape index (κ1) is 13.8. The molecule has 0 bridgehead atoms. The number of rotatable bonds is 2. The van der Waals surface area contributed by atoms with Crippen molar-refractivity contribution in [3.05, 3.63) is 52.8 Å². The Bertz CT molecular complexity index is 849. The minimum absolute atomic E-state index is 0.0762. The second kappa shape index (κ2) is 5.31. The molecule has 0 radical (unpaired) electrons. The highest BCUT2D eigenvalue weighted by molar-refractivity contribution is 7.22. The van der Waals surface area contributed by atoms with E-state index in [0.29, 0.717) is 10.2 Å². The number of carbonyl (C=O) groups is 1. The van der Waals surface area contributed by atoms with Crippen molar-refractivity contribution < 1.29 is 9.18 Å². The minimum atomic E-state index is -0.523. The molecule has 2 aromatic carbocycles. The second-order valence-corrected chi connectivity index (χ2v) is 5.78. The molecule has 0 aliphatic heterocycles. The summed E-state index contributed by atoms with van der Waals surface area (Å²) in [5.74, 6) is -1.03. The normalized spacial score (nSPS) is 10.8. The molecule has 1 amide bonds. The number of amides is 1. The Kier molecular flexibility index (Phi) is 3.48. The topological polar surface area (TPSA) is 68.0 Å². The molecule has 3 rings (SSSR count). The molecule has 0 atom stereocenters. The maximum atomic E-state index is 13.2. The molecule has 0 aliphatic rings. The molecule has 1 aromatic heterocycles. The molecule has 7 heteroatoms. The summed E-state index contributed by atoms with van der Waals surface area (Å²) in [6.45, 7) is 0. The van der Waals surface area contributed by atoms with Gasteiger partial charge in [0.1, 0.15) is 5.82 Å². The van der Waals surface area contributed by atoms with Gasteiger partial charge in [0.15, 0.2) is 5.13 Å². The summed E-state index contributed by atoms with van der Waals surface area (Å²) in [5, 5.41) is 3.61. The predicted octanol–water partition coefficient (Wildman–Crippen LogP) is 3.92. The van der Waals surface area contributed by atoms with Gasteiger partial charge < -0.3 is 5.73 Å². The van der Waals surface area contributed by atoms with E-state index in [4.69, 9.17) is 17.3 Å². The molecule has 3 aromatic rings. The van der Waals surface area contributed by atoms with Crippen LogP contribution in [0.1, 0.15) is 10.4 Å². The van der Waals surface area contributed by atoms with Crippen LogP contribution in [0.15, 0.2) is 36.4 Å². The quantitative estimate of drug-likeness (QED) is 0.703. The van der Waals surface area contributed by atoms with Crippen LogP contribution < -0.4 is 11.1 Å². The first-order valence-electron chi connectivity index (χ1n) is 5.95. The van der Waals surface area contributed by atoms with Gasteiger partial charge in [0.25, 0.3) is 5.91 Å². The van der Waals surface area contributed by atoms with E-state index in [1.807, 2.05) is 0 Å². The van der Waals surface area contributed by atoms with Crippen molar-refractivity contribution in [1.82, 2.24) is 4.98 Å². The number of thiazole rings is 1. The molecule has 106 valence electrons. The van der Waals surface area contributed by atoms with Gasteiger partial charge in [-0.05, 0) is 36.4 Å². The van der Waals surface area contributed by atoms with Crippen LogP contribution in [-0.4, -0.2) is 10.9 Å². The number of fused-ring (bicyclic) bond motifs is 1. The SMILES string of the molecule is Nc1ccc(F)cc1C(=O)Nc1nc2ccc(Cl)cc2s1. The molecule has 0 saturated carbocycles. The average molecular weight is 322 g/mol. The standard InChI is InChI=1S/C14H9ClFN3OS/c15-7-1-4-11-12(5-7)21-14(18-11)19-13(20)9-6-8(16)2-3-10(9)17/h1-6H,17H2,(H,18,19,20). The fourth-order valence-corrected chi connectivity index (χ4v) is 2.98. The van der Waals surface area contributed by atoms with Crippen molar-refractivity contribution >= 4 is 49.9 Å². The molecule has 0 unspecified atom stereocenters. The minimum Gasteiger partial charge on any atom is -0.398 e. The largest absolute Gasteiger partial charge is 0.398 e. The Hall–Kier alpha value is -2.18. The summed E-state index contributed by atoms with van der Waals surface area (Å²) in [7, 11) is 0. The van der Waals surface area contributed by atoms with Gasteiger partial charge in [-0.1, -0.05) is 22.9 Å². The predicted molar refractivity (Wildman–Crippen MR) is 83.4 cm³/mol. The monoisotopic (exact) mass is 321 g/mol. The van der Waals surface area contributed by atoms with E-state index in [2.05, 4.69) is 10.3 Å². The third kappa shape index (κ3) is 2.81. The number of carbonyl (C=O) groups excluding carboxylic acids is 1. The molecular weight excluding hydrogens is 313 g/mol. The van der Waals surface area contributed by atoms with Gasteiger partial charge in [0.2, 0.25) is 0 Å². The number of halogens is 2. The van der Waals surface area contributed by atoms with E-state index >= 15 is 0 Å². The van der Waals surface area contributed by atoms with Crippen molar-refractivity contribution in [2.24, 2.45) is 0 Å². The zero-order valence-electron chi connectivity index (χ0n) is 10.6. The third-order valence-electron chi connectivity index (χ3n) is 2.83. The second-order valence-electron chi connectivity index (χ2n) is 4.32. The molecule has 3 N–H and O–H groups in total. The van der Waals surface area contributed by atoms with Crippen LogP contribution in [-0.2, 0) is 0 Å². The zero-order chi connectivity index (χ0) is 15.0. The lowest BCUT2D eigenvalue weighted by molar-refractivity contribution is 0.102. The van der Waals surface area contributed by atoms with Gasteiger partial charge in [-0.3, -0.25) is 10.1 Å². The highest BCUT2D eigenvalue weighted by atomic mass is 35.5. The van der Waals surface area contributed by atoms with Crippen LogP contribution in [0.25, 0.3) is 10.2 Å². The lowest BCUT2D eigenvalue weighted by Gasteiger charge is -2.04. The molecule has 1 heterocycles. The Balaban J connectivity index is 1.90. The number of nitrogens with one attached hydrogen (secondary N) is 1. The van der Waals surface area contributed by atoms with Gasteiger partial charge in [-0.25, -0.2) is 9.37 Å². The molecule has 0 spiro atoms. The molecule has 0 fully saturated rings. The number of nitrogens with two attached hydrogens (primary N) is 1. The Morgan fingerprint density at radius 3 is 2.90 bits per heavy atom. The summed E-state index contributed by atoms with van der Waals surface area (Å²) in [4.78, 5) is 16.4. The number of nitrogen functional groups attached to an aromatic ring is 1. The van der Waals surface area contributed by atoms with Crippen LogP contribution in [0.2, 0.25) is 5.02 Å². The lowest BCUT2D eigenvalue weighted by atomic mass is 10.1. The van der Waals surface area contributed by atoms with Crippen molar-refractivity contribution in [3.63, 3.8) is 0 Å². The van der Waals surface area contributed by atoms with E-state index in [1.54, 1.807) is 18.2 Å². The van der Waals surface area contributed by atoms with Crippen LogP contribution in [0.5, 0.6) is 0 Å². The van der Waals surface area contributed by atoms with E-state index in [9.17, 15) is 9.18 Å². The lowest BCUT2D eigenvalue weighted by Crippen LogP contribution is -2.14. The van der Waals surface area contributed by atoms with E-state index in [1.165, 1.54) is 23.5 Å². The first-order valence-corrected chi connectivity index (χ1v) is 7.15. The summed E-state index contributed by atoms with van der Waals surface area (Å²) < 4.78 is 14.0. The number of aromatic nitrogens is 1. The molecule has 21 heavy (non-hydrogen) atoms. The summed E-state index contributed by atoms with van der Waals surface area (Å²) in [6.07, 6.45) is 0. The number of hydrogen-bond donors (Lipinski definition) is 2. The average Bonchev–Trinajstić information content (AvgIpc) is 2.82. The third-order valence-corrected chi connectivity index (χ3v) is 4.00. The van der Waals surface area contributed by atoms with Crippen LogP contribution in [0.4, 0.5) is 15.2 Å². The molecule has 0 aliphatic carbocycles. The van der Waals surface area contributed by atoms with Crippen molar-refractivity contribution in [2.45, 2.75) is 0 Å². The number of benzene rings is 2. The van der Waals surface area contributed by atoms with Crippen molar-refractivity contribution in [1.29, 1.82) is 0 Å². The first-order chi connectivity index (χ1) is 10.0. The Labute approximate surface area is 128 Å². The fourth-order valence-electron chi connectivity index (χ4n) is 1.84. The van der Waals surface area contributed by atoms with Gasteiger partial charge in [0.05, 0.1) is 15.8 Å². The number of anilines is 2. The maximum Gasteiger partial charge on any atom is 0.259 e. The highest BCUT2D eigenvalue weighted by Crippen LogP contribution is 2.28. The highest BCUT2D eigenvalue weighted by Gasteiger charge is 2.13. The zero-order valence-corrected chi connectivity index (χ0v) is 12.1. The van der Waals surface area contributed by atoms with Crippen molar-refractivity contribution in [3.8, 4) is 0 Å². The van der Waals surface area contributed by atoms with Crippen LogP contribution in [0, 0.1) is 5.82 Å². The van der Waals surface area contributed by atoms with Crippen molar-refractivity contribution in [2.75, 3.05) is 11.1 Å². The van der Waals surface area contributed by atoms with Crippen LogP contribution >= 0.6 is 22.9 Å². The summed E-state index contributed by atoms with van der Waals surface area (Å²) >= 11 is 7.18. The van der Waals surface area contributed by atoms with Crippen LogP contribution in [0.3, 0.4) is 0 Å². The number of nitrogens with zero attached hydrogens (tertiary/aromatic N) is 1. The molecule has 0 saturated heterocycles. The fraction of sp³-hybridized carbons (Fsp3) is 0. The van der Waals surface area contributed by atoms with Gasteiger partial charge in [0, 0.05) is 10.7 Å². The molecule has 4 nitrogen and oxygen atoms in total. The Morgan fingerprint density at radius 2 is 2.10 bits per heavy atom. The van der Waals surface area contributed by atoms with Gasteiger partial charge in [-0.2, -0.15) is 0 Å². The summed E-state index contributed by atoms with van der Waals surface area (Å²) in [6, 6.07) is 8.89. The summed E-state index contributed by atoms with van der Waals surface area (Å²) in [5.41, 5.74) is 6.69. The smallest absolute Gasteiger partial charge is 0.259 e. The van der Waals surface area contributed by atoms with E-state index in [0.717, 1.165) is 16.3 Å². The van der Waals surface area contributed by atoms with E-state index in [-0.39, 0.29) is 11.3 Å². The molecular formula is C14H9ClFN3OS. The van der Waals surface area contributed by atoms with E-state index < -0.39 is 11.7 Å². The Morgan fingerprint density at radius 1 is 1.29 bits per heavy atom. The van der Waals surface area contributed by atoms with Gasteiger partial charge >= 0.3 is 0 Å². The number of hydrogen-bond acceptors (Lipinski definition) is 4. The van der Waals surface area contributed by atoms with Gasteiger partial charge in [-0.15, -0.1) is 0 Å². The maximum absolute atomic E-state index is 13.2.